The van der Waals surface area contributed by atoms with Crippen molar-refractivity contribution in [1.29, 1.82) is 0 Å². The molecular formula is C86H145N13O23. The van der Waals surface area contributed by atoms with Crippen molar-refractivity contribution in [3.63, 3.8) is 0 Å². The lowest BCUT2D eigenvalue weighted by molar-refractivity contribution is -0.150. The zero-order valence-corrected chi connectivity index (χ0v) is 74.8. The second-order valence-electron chi connectivity index (χ2n) is 35.7. The Kier molecular flexibility index (Phi) is 51.5. The number of aliphatic hydroxyl groups is 1. The minimum atomic E-state index is -1.93. The fourth-order valence-corrected chi connectivity index (χ4v) is 14.2. The number of carboxylic acid groups (broad SMARTS) is 1. The first-order valence-electron chi connectivity index (χ1n) is 43.4. The van der Waals surface area contributed by atoms with Crippen LogP contribution in [0.25, 0.3) is 0 Å². The summed E-state index contributed by atoms with van der Waals surface area (Å²) in [7, 11) is 0. The molecule has 15 atom stereocenters. The van der Waals surface area contributed by atoms with Gasteiger partial charge < -0.3 is 85.7 Å². The molecule has 1 fully saturated rings. The van der Waals surface area contributed by atoms with Gasteiger partial charge in [0.15, 0.2) is 28.9 Å². The maximum atomic E-state index is 15.1. The van der Waals surface area contributed by atoms with Crippen molar-refractivity contribution < 1.29 is 111 Å². The summed E-state index contributed by atoms with van der Waals surface area (Å²) < 4.78 is 5.66. The van der Waals surface area contributed by atoms with Crippen LogP contribution in [-0.2, 0) is 101 Å². The summed E-state index contributed by atoms with van der Waals surface area (Å²) in [6.07, 6.45) is -4.41. The van der Waals surface area contributed by atoms with Crippen molar-refractivity contribution in [1.82, 2.24) is 47.9 Å². The second-order valence-corrected chi connectivity index (χ2v) is 35.7. The number of amides is 13. The average molecular weight is 1730 g/mol. The zero-order chi connectivity index (χ0) is 93.1. The number of esters is 1. The number of ketones is 5. The minimum absolute atomic E-state index is 0.00483. The Bertz CT molecular complexity index is 3540. The van der Waals surface area contributed by atoms with E-state index in [1.807, 2.05) is 0 Å². The molecule has 0 saturated carbocycles. The Labute approximate surface area is 718 Å². The molecular weight excluding hydrogens is 1580 g/mol. The molecule has 0 aliphatic carbocycles. The third kappa shape index (κ3) is 44.9. The number of carboxylic acids is 1. The lowest BCUT2D eigenvalue weighted by atomic mass is 9.85. The van der Waals surface area contributed by atoms with E-state index in [4.69, 9.17) is 27.7 Å². The molecule has 1 heterocycles. The number of ether oxygens (including phenoxy) is 1. The summed E-state index contributed by atoms with van der Waals surface area (Å²) in [5.41, 5.74) is 22.2. The molecule has 19 N–H and O–H groups in total. The Morgan fingerprint density at radius 2 is 0.902 bits per heavy atom. The second kappa shape index (κ2) is 56.9. The topological polar surface area (TPSA) is 603 Å². The average Bonchev–Trinajstić information content (AvgIpc) is 0.922. The predicted octanol–water partition coefficient (Wildman–Crippen LogP) is 3.38. The molecule has 0 unspecified atom stereocenters. The molecule has 0 aromatic rings. The number of Topliss-reactive ketones (excluding diaryl/α,β-unsaturated/α-hetero) is 5. The van der Waals surface area contributed by atoms with E-state index in [0.717, 1.165) is 25.7 Å². The van der Waals surface area contributed by atoms with Crippen molar-refractivity contribution in [2.24, 2.45) is 93.9 Å². The van der Waals surface area contributed by atoms with Crippen LogP contribution < -0.4 is 70.8 Å². The van der Waals surface area contributed by atoms with Gasteiger partial charge in [-0.05, 0) is 119 Å². The van der Waals surface area contributed by atoms with Crippen molar-refractivity contribution in [3.8, 4) is 0 Å². The highest BCUT2D eigenvalue weighted by Gasteiger charge is 2.41. The van der Waals surface area contributed by atoms with Gasteiger partial charge in [0.1, 0.15) is 36.8 Å². The molecule has 692 valence electrons. The normalized spacial score (nSPS) is 20.8. The van der Waals surface area contributed by atoms with E-state index in [-0.39, 0.29) is 74.5 Å². The van der Waals surface area contributed by atoms with E-state index >= 15 is 9.59 Å². The fourth-order valence-electron chi connectivity index (χ4n) is 14.2. The summed E-state index contributed by atoms with van der Waals surface area (Å²) in [5.74, 6) is -28.1. The van der Waals surface area contributed by atoms with Crippen LogP contribution in [0.3, 0.4) is 0 Å². The standard InChI is InChI=1S/C86H145N13O23/c1-17-18-19-20-21-22-56(100)41-76(110)92-61(33-45(2)3)67(101)40-55(25-32-77(111)112)79(114)93-59(26-30-74(89)108)70(104)42-57(50(12)13)81(116)95-62(34-46(4)5)68(102)39-54(24-29-73(88)107)80(115)99-66-44-122-86(121)52(16)91-78(113)53(23-28-72(87)106)38-69(103)63(35-47(6)7)96-85(120)65(37-49(10)11)98-83(118)60(27-31-75(90)109)94-84(119)64(36-48(8)9)97-82(117)58(51(14)15)43-71(66)105/h45-66,100H,17-44H2,1-16H3,(H2,87,106)(H2,88,107)(H2,89,108)(H2,90,109)(H,91,113)(H,92,110)(H,93,114)(H,94,119)(H,95,116)(H,96,120)(H,97,117)(H,98,118)(H,99,115)(H,111,112)/t52-,53-,54+,55-,56+,57+,58+,59+,60+,61-,62+,63-,64+,65-,66+/m0/s1. The summed E-state index contributed by atoms with van der Waals surface area (Å²) in [5, 5.41) is 44.0. The number of carbonyl (C=O) groups is 20. The maximum absolute atomic E-state index is 15.1. The predicted molar refractivity (Wildman–Crippen MR) is 451 cm³/mol. The number of primary amides is 4. The summed E-state index contributed by atoms with van der Waals surface area (Å²) in [4.78, 5) is 279. The first-order chi connectivity index (χ1) is 56.8. The van der Waals surface area contributed by atoms with E-state index < -0.39 is 316 Å². The highest BCUT2D eigenvalue weighted by Crippen LogP contribution is 2.27. The third-order valence-corrected chi connectivity index (χ3v) is 21.3. The van der Waals surface area contributed by atoms with Crippen LogP contribution in [0.1, 0.15) is 284 Å². The SMILES string of the molecule is CCCCCCC[C@@H](O)CC(=O)N[C@@H](CC(C)C)C(=O)C[C@H](CCC(=O)O)C(=O)N[C@H](CCC(N)=O)C(=O)C[C@@H](C(=O)N[C@H](CC(C)C)C(=O)C[C@@H](CCC(N)=O)C(=O)N[C@@H]1COC(=O)[C@H](C)NC(=O)[C@@H](CCC(N)=O)CC(=O)[C@H](CC(C)C)NC(=O)[C@H](CC(C)C)NC(=O)[C@@H](CCC(N)=O)NC(=O)[C@@H](CC(C)C)NC(=O)[C@@H](C(C)C)CC1=O)C(C)C. The third-order valence-electron chi connectivity index (χ3n) is 21.3. The van der Waals surface area contributed by atoms with Gasteiger partial charge in [0.2, 0.25) is 76.8 Å². The molecule has 0 bridgehead atoms. The minimum Gasteiger partial charge on any atom is -0.481 e. The molecule has 0 radical (unpaired) electrons. The van der Waals surface area contributed by atoms with Crippen LogP contribution in [-0.4, -0.2) is 195 Å². The van der Waals surface area contributed by atoms with Gasteiger partial charge in [0.25, 0.3) is 0 Å². The largest absolute Gasteiger partial charge is 0.481 e. The lowest BCUT2D eigenvalue weighted by Crippen LogP contribution is -2.58. The molecule has 13 amide bonds. The fraction of sp³-hybridized carbons (Fsp3) is 0.767. The van der Waals surface area contributed by atoms with Gasteiger partial charge in [-0.25, -0.2) is 4.79 Å². The molecule has 0 aromatic carbocycles. The van der Waals surface area contributed by atoms with Crippen molar-refractivity contribution in [3.05, 3.63) is 0 Å². The Morgan fingerprint density at radius 3 is 1.40 bits per heavy atom. The van der Waals surface area contributed by atoms with E-state index in [9.17, 15) is 96.5 Å². The number of rotatable bonds is 51. The number of aliphatic carboxylic acids is 1. The Morgan fingerprint density at radius 1 is 0.451 bits per heavy atom. The Hall–Kier alpha value is -9.64. The number of hydrogen-bond donors (Lipinski definition) is 15. The summed E-state index contributed by atoms with van der Waals surface area (Å²) >= 11 is 0. The highest BCUT2D eigenvalue weighted by molar-refractivity contribution is 6.01. The molecule has 1 saturated heterocycles. The van der Waals surface area contributed by atoms with Gasteiger partial charge in [-0.3, -0.25) is 91.1 Å². The van der Waals surface area contributed by atoms with Gasteiger partial charge in [-0.1, -0.05) is 136 Å². The number of cyclic esters (lactones) is 1. The molecule has 36 heteroatoms. The van der Waals surface area contributed by atoms with E-state index in [1.54, 1.807) is 96.9 Å². The van der Waals surface area contributed by atoms with Crippen LogP contribution in [0.4, 0.5) is 0 Å². The van der Waals surface area contributed by atoms with E-state index in [2.05, 4.69) is 54.8 Å². The summed E-state index contributed by atoms with van der Waals surface area (Å²) in [6.45, 7) is 26.0. The first-order valence-corrected chi connectivity index (χ1v) is 43.4. The van der Waals surface area contributed by atoms with Crippen LogP contribution in [0, 0.1) is 71.0 Å². The number of nitrogens with two attached hydrogens (primary N) is 4. The van der Waals surface area contributed by atoms with Gasteiger partial charge in [-0.2, -0.15) is 0 Å². The van der Waals surface area contributed by atoms with Crippen LogP contribution in [0.15, 0.2) is 0 Å². The number of carbonyl (C=O) groups excluding carboxylic acids is 19. The number of nitrogens with one attached hydrogen (secondary N) is 9. The molecule has 1 rings (SSSR count). The quantitative estimate of drug-likeness (QED) is 0.0306. The molecule has 36 nitrogen and oxygen atoms in total. The number of hydrogen-bond acceptors (Lipinski definition) is 22. The number of aliphatic hydroxyl groups excluding tert-OH is 1. The van der Waals surface area contributed by atoms with Crippen molar-refractivity contribution >= 4 is 118 Å². The van der Waals surface area contributed by atoms with Crippen molar-refractivity contribution in [2.75, 3.05) is 6.61 Å². The van der Waals surface area contributed by atoms with Gasteiger partial charge >= 0.3 is 11.9 Å². The monoisotopic (exact) mass is 1730 g/mol. The van der Waals surface area contributed by atoms with Crippen molar-refractivity contribution in [2.45, 2.75) is 345 Å². The van der Waals surface area contributed by atoms with Crippen LogP contribution in [0.2, 0.25) is 0 Å². The first kappa shape index (κ1) is 110. The number of unbranched alkanes of at least 4 members (excludes halogenated alkanes) is 4. The van der Waals surface area contributed by atoms with Crippen LogP contribution in [0.5, 0.6) is 0 Å². The molecule has 0 aromatic heterocycles. The molecule has 1 aliphatic rings. The molecule has 0 spiro atoms. The molecule has 122 heavy (non-hydrogen) atoms. The maximum Gasteiger partial charge on any atom is 0.328 e. The Balaban J connectivity index is 4.12. The van der Waals surface area contributed by atoms with Gasteiger partial charge in [-0.15, -0.1) is 0 Å². The lowest BCUT2D eigenvalue weighted by Gasteiger charge is -2.29. The highest BCUT2D eigenvalue weighted by atomic mass is 16.5. The van der Waals surface area contributed by atoms with E-state index in [1.165, 1.54) is 6.92 Å². The van der Waals surface area contributed by atoms with Gasteiger partial charge in [0, 0.05) is 93.8 Å². The zero-order valence-electron chi connectivity index (χ0n) is 74.8. The summed E-state index contributed by atoms with van der Waals surface area (Å²) in [6, 6.07) is -13.4. The van der Waals surface area contributed by atoms with E-state index in [0.29, 0.717) is 12.8 Å². The van der Waals surface area contributed by atoms with Crippen LogP contribution >= 0.6 is 0 Å². The molecule has 1 aliphatic heterocycles. The van der Waals surface area contributed by atoms with Gasteiger partial charge in [0.05, 0.1) is 36.7 Å². The smallest absolute Gasteiger partial charge is 0.328 e.